The van der Waals surface area contributed by atoms with Crippen molar-refractivity contribution in [3.8, 4) is 0 Å². The highest BCUT2D eigenvalue weighted by molar-refractivity contribution is 5.08. The molecule has 0 aromatic carbocycles. The summed E-state index contributed by atoms with van der Waals surface area (Å²) in [6.07, 6.45) is 4.98. The number of hydrogen-bond acceptors (Lipinski definition) is 3. The first-order chi connectivity index (χ1) is 7.70. The number of nitrogens with one attached hydrogen (secondary N) is 1. The molecule has 0 saturated carbocycles. The van der Waals surface area contributed by atoms with Gasteiger partial charge in [0.05, 0.1) is 30.8 Å². The van der Waals surface area contributed by atoms with Crippen LogP contribution < -0.4 is 5.32 Å². The molecule has 0 aliphatic carbocycles. The maximum Gasteiger partial charge on any atom is 0.0952 e. The Balaban J connectivity index is 1.89. The number of imidazole rings is 1. The molecule has 2 rings (SSSR count). The van der Waals surface area contributed by atoms with Crippen molar-refractivity contribution in [3.05, 3.63) is 17.7 Å². The molecule has 0 amide bonds. The minimum atomic E-state index is 0.352. The Bertz CT molecular complexity index is 348. The zero-order chi connectivity index (χ0) is 11.5. The van der Waals surface area contributed by atoms with E-state index in [1.54, 1.807) is 0 Å². The maximum atomic E-state index is 5.96. The number of rotatable bonds is 4. The SMILES string of the molecule is CNCC1CCC(Cn2cnc(C)c2C)O1. The van der Waals surface area contributed by atoms with Crippen molar-refractivity contribution in [1.82, 2.24) is 14.9 Å². The third-order valence-corrected chi connectivity index (χ3v) is 3.37. The van der Waals surface area contributed by atoms with Crippen molar-refractivity contribution in [2.24, 2.45) is 0 Å². The molecule has 1 N–H and O–H groups in total. The fraction of sp³-hybridized carbons (Fsp3) is 0.750. The average Bonchev–Trinajstić information content (AvgIpc) is 2.82. The first kappa shape index (κ1) is 11.6. The fourth-order valence-corrected chi connectivity index (χ4v) is 2.24. The maximum absolute atomic E-state index is 5.96. The standard InChI is InChI=1S/C12H21N3O/c1-9-10(2)15(8-14-9)7-12-5-4-11(16-12)6-13-3/h8,11-13H,4-7H2,1-3H3. The Morgan fingerprint density at radius 3 is 2.81 bits per heavy atom. The highest BCUT2D eigenvalue weighted by atomic mass is 16.5. The Morgan fingerprint density at radius 2 is 2.19 bits per heavy atom. The molecule has 2 heterocycles. The predicted molar refractivity (Wildman–Crippen MR) is 63.5 cm³/mol. The number of aryl methyl sites for hydroxylation is 1. The number of ether oxygens (including phenoxy) is 1. The summed E-state index contributed by atoms with van der Waals surface area (Å²) < 4.78 is 8.16. The van der Waals surface area contributed by atoms with Crippen molar-refractivity contribution in [1.29, 1.82) is 0 Å². The molecule has 1 aliphatic heterocycles. The summed E-state index contributed by atoms with van der Waals surface area (Å²) in [4.78, 5) is 4.31. The van der Waals surface area contributed by atoms with Crippen molar-refractivity contribution >= 4 is 0 Å². The molecule has 0 radical (unpaired) electrons. The minimum Gasteiger partial charge on any atom is -0.372 e. The Kier molecular flexibility index (Phi) is 3.61. The Hall–Kier alpha value is -0.870. The lowest BCUT2D eigenvalue weighted by molar-refractivity contribution is 0.0368. The second kappa shape index (κ2) is 4.97. The number of likely N-dealkylation sites (N-methyl/N-ethyl adjacent to an activating group) is 1. The third kappa shape index (κ3) is 2.44. The summed E-state index contributed by atoms with van der Waals surface area (Å²) in [5.74, 6) is 0. The second-order valence-electron chi connectivity index (χ2n) is 4.58. The van der Waals surface area contributed by atoms with Crippen LogP contribution in [0, 0.1) is 13.8 Å². The molecule has 16 heavy (non-hydrogen) atoms. The molecule has 0 bridgehead atoms. The Labute approximate surface area is 97.0 Å². The van der Waals surface area contributed by atoms with Crippen LogP contribution in [0.2, 0.25) is 0 Å². The Morgan fingerprint density at radius 1 is 1.44 bits per heavy atom. The van der Waals surface area contributed by atoms with Gasteiger partial charge in [-0.2, -0.15) is 0 Å². The van der Waals surface area contributed by atoms with Gasteiger partial charge >= 0.3 is 0 Å². The van der Waals surface area contributed by atoms with Crippen molar-refractivity contribution in [2.45, 2.75) is 45.4 Å². The summed E-state index contributed by atoms with van der Waals surface area (Å²) >= 11 is 0. The summed E-state index contributed by atoms with van der Waals surface area (Å²) in [5, 5.41) is 3.17. The first-order valence-electron chi connectivity index (χ1n) is 5.99. The molecule has 90 valence electrons. The van der Waals surface area contributed by atoms with Crippen LogP contribution in [0.5, 0.6) is 0 Å². The number of aromatic nitrogens is 2. The van der Waals surface area contributed by atoms with Gasteiger partial charge < -0.3 is 14.6 Å². The van der Waals surface area contributed by atoms with Crippen LogP contribution in [0.4, 0.5) is 0 Å². The smallest absolute Gasteiger partial charge is 0.0952 e. The van der Waals surface area contributed by atoms with Gasteiger partial charge in [-0.15, -0.1) is 0 Å². The van der Waals surface area contributed by atoms with E-state index in [-0.39, 0.29) is 0 Å². The lowest BCUT2D eigenvalue weighted by Gasteiger charge is -2.14. The zero-order valence-corrected chi connectivity index (χ0v) is 10.4. The summed E-state index contributed by atoms with van der Waals surface area (Å²) in [6.45, 7) is 6.05. The van der Waals surface area contributed by atoms with E-state index in [0.29, 0.717) is 12.2 Å². The molecule has 1 aromatic heterocycles. The molecule has 0 spiro atoms. The van der Waals surface area contributed by atoms with E-state index >= 15 is 0 Å². The molecule has 1 saturated heterocycles. The summed E-state index contributed by atoms with van der Waals surface area (Å²) in [7, 11) is 1.97. The molecular formula is C12H21N3O. The van der Waals surface area contributed by atoms with E-state index in [1.807, 2.05) is 20.3 Å². The van der Waals surface area contributed by atoms with Gasteiger partial charge in [0.15, 0.2) is 0 Å². The highest BCUT2D eigenvalue weighted by Crippen LogP contribution is 2.21. The van der Waals surface area contributed by atoms with Gasteiger partial charge in [-0.25, -0.2) is 4.98 Å². The van der Waals surface area contributed by atoms with E-state index in [4.69, 9.17) is 4.74 Å². The molecule has 2 atom stereocenters. The summed E-state index contributed by atoms with van der Waals surface area (Å²) in [5.41, 5.74) is 2.37. The molecule has 1 aromatic rings. The van der Waals surface area contributed by atoms with E-state index in [1.165, 1.54) is 5.69 Å². The molecule has 4 heteroatoms. The highest BCUT2D eigenvalue weighted by Gasteiger charge is 2.25. The van der Waals surface area contributed by atoms with Crippen LogP contribution in [0.25, 0.3) is 0 Å². The lowest BCUT2D eigenvalue weighted by atomic mass is 10.2. The number of hydrogen-bond donors (Lipinski definition) is 1. The minimum absolute atomic E-state index is 0.352. The fourth-order valence-electron chi connectivity index (χ4n) is 2.24. The van der Waals surface area contributed by atoms with Gasteiger partial charge in [0.2, 0.25) is 0 Å². The predicted octanol–water partition coefficient (Wildman–Crippen LogP) is 1.27. The van der Waals surface area contributed by atoms with Gasteiger partial charge in [-0.1, -0.05) is 0 Å². The van der Waals surface area contributed by atoms with Crippen LogP contribution in [-0.2, 0) is 11.3 Å². The topological polar surface area (TPSA) is 39.1 Å². The van der Waals surface area contributed by atoms with E-state index < -0.39 is 0 Å². The van der Waals surface area contributed by atoms with E-state index in [9.17, 15) is 0 Å². The van der Waals surface area contributed by atoms with Gasteiger partial charge in [0.25, 0.3) is 0 Å². The normalized spacial score (nSPS) is 25.2. The number of nitrogens with zero attached hydrogens (tertiary/aromatic N) is 2. The van der Waals surface area contributed by atoms with E-state index in [0.717, 1.165) is 31.6 Å². The largest absolute Gasteiger partial charge is 0.372 e. The van der Waals surface area contributed by atoms with Gasteiger partial charge in [0, 0.05) is 12.2 Å². The van der Waals surface area contributed by atoms with Gasteiger partial charge in [-0.05, 0) is 33.7 Å². The van der Waals surface area contributed by atoms with E-state index in [2.05, 4.69) is 21.8 Å². The molecule has 1 fully saturated rings. The molecule has 2 unspecified atom stereocenters. The van der Waals surface area contributed by atoms with Crippen molar-refractivity contribution in [2.75, 3.05) is 13.6 Å². The van der Waals surface area contributed by atoms with Crippen molar-refractivity contribution in [3.63, 3.8) is 0 Å². The quantitative estimate of drug-likeness (QED) is 0.835. The first-order valence-corrected chi connectivity index (χ1v) is 5.99. The average molecular weight is 223 g/mol. The van der Waals surface area contributed by atoms with Gasteiger partial charge in [0.1, 0.15) is 0 Å². The van der Waals surface area contributed by atoms with Gasteiger partial charge in [-0.3, -0.25) is 0 Å². The van der Waals surface area contributed by atoms with Crippen LogP contribution in [0.1, 0.15) is 24.2 Å². The van der Waals surface area contributed by atoms with Crippen LogP contribution >= 0.6 is 0 Å². The summed E-state index contributed by atoms with van der Waals surface area (Å²) in [6, 6.07) is 0. The van der Waals surface area contributed by atoms with Crippen LogP contribution in [0.3, 0.4) is 0 Å². The molecule has 1 aliphatic rings. The monoisotopic (exact) mass is 223 g/mol. The van der Waals surface area contributed by atoms with Crippen molar-refractivity contribution < 1.29 is 4.74 Å². The molecule has 4 nitrogen and oxygen atoms in total. The van der Waals surface area contributed by atoms with Crippen LogP contribution in [-0.4, -0.2) is 35.4 Å². The third-order valence-electron chi connectivity index (χ3n) is 3.37. The lowest BCUT2D eigenvalue weighted by Crippen LogP contribution is -2.25. The second-order valence-corrected chi connectivity index (χ2v) is 4.58. The zero-order valence-electron chi connectivity index (χ0n) is 10.4. The van der Waals surface area contributed by atoms with Crippen LogP contribution in [0.15, 0.2) is 6.33 Å². The molecular weight excluding hydrogens is 202 g/mol.